The molecule has 0 radical (unpaired) electrons. The molecule has 0 aliphatic heterocycles. The van der Waals surface area contributed by atoms with Crippen molar-refractivity contribution in [1.29, 1.82) is 5.26 Å². The van der Waals surface area contributed by atoms with E-state index >= 15 is 0 Å². The lowest BCUT2D eigenvalue weighted by molar-refractivity contribution is -0.149. The summed E-state index contributed by atoms with van der Waals surface area (Å²) in [5, 5.41) is 8.79. The average Bonchev–Trinajstić information content (AvgIpc) is 2.67. The Balaban J connectivity index is 1.98. The monoisotopic (exact) mass is 365 g/mol. The molecule has 0 saturated carbocycles. The van der Waals surface area contributed by atoms with E-state index in [-0.39, 0.29) is 12.4 Å². The fourth-order valence-electron chi connectivity index (χ4n) is 2.69. The maximum Gasteiger partial charge on any atom is 0.347 e. The molecular weight excluding hydrogens is 342 g/mol. The first-order chi connectivity index (χ1) is 12.7. The predicted molar refractivity (Wildman–Crippen MR) is 102 cm³/mol. The molecule has 2 aromatic carbocycles. The summed E-state index contributed by atoms with van der Waals surface area (Å²) in [5.41, 5.74) is 5.24. The molecule has 140 valence electrons. The summed E-state index contributed by atoms with van der Waals surface area (Å²) in [6.07, 6.45) is -0.867. The first kappa shape index (κ1) is 20.2. The number of hydrogen-bond donors (Lipinski definition) is 0. The lowest BCUT2D eigenvalue weighted by Crippen LogP contribution is -2.28. The van der Waals surface area contributed by atoms with Crippen LogP contribution in [0.1, 0.15) is 45.1 Å². The second-order valence-corrected chi connectivity index (χ2v) is 6.54. The average molecular weight is 365 g/mol. The Labute approximate surface area is 159 Å². The van der Waals surface area contributed by atoms with Gasteiger partial charge in [-0.15, -0.1) is 0 Å². The van der Waals surface area contributed by atoms with Crippen molar-refractivity contribution in [3.8, 4) is 11.8 Å². The van der Waals surface area contributed by atoms with Gasteiger partial charge in [0.2, 0.25) is 5.78 Å². The molecule has 0 spiro atoms. The van der Waals surface area contributed by atoms with E-state index in [4.69, 9.17) is 14.7 Å². The smallest absolute Gasteiger partial charge is 0.347 e. The van der Waals surface area contributed by atoms with E-state index in [0.29, 0.717) is 16.9 Å². The van der Waals surface area contributed by atoms with Gasteiger partial charge in [-0.2, -0.15) is 5.26 Å². The van der Waals surface area contributed by atoms with E-state index in [9.17, 15) is 9.59 Å². The van der Waals surface area contributed by atoms with Gasteiger partial charge in [-0.3, -0.25) is 4.79 Å². The Morgan fingerprint density at radius 3 is 2.26 bits per heavy atom. The Morgan fingerprint density at radius 2 is 1.67 bits per heavy atom. The molecule has 0 aliphatic rings. The maximum atomic E-state index is 12.5. The predicted octanol–water partition coefficient (Wildman–Crippen LogP) is 3.99. The molecule has 0 fully saturated rings. The fourth-order valence-corrected chi connectivity index (χ4v) is 2.69. The largest absolute Gasteiger partial charge is 0.479 e. The van der Waals surface area contributed by atoms with Crippen LogP contribution < -0.4 is 4.74 Å². The van der Waals surface area contributed by atoms with E-state index in [0.717, 1.165) is 22.3 Å². The highest BCUT2D eigenvalue weighted by Gasteiger charge is 2.20. The number of nitrogens with zero attached hydrogens (tertiary/aromatic N) is 1. The number of Topliss-reactive ketones (excluding diaryl/α,β-unsaturated/α-hetero) is 1. The molecule has 0 amide bonds. The van der Waals surface area contributed by atoms with E-state index in [1.165, 1.54) is 0 Å². The second kappa shape index (κ2) is 8.50. The highest BCUT2D eigenvalue weighted by Crippen LogP contribution is 2.22. The third kappa shape index (κ3) is 4.73. The van der Waals surface area contributed by atoms with Crippen molar-refractivity contribution in [2.75, 3.05) is 6.61 Å². The summed E-state index contributed by atoms with van der Waals surface area (Å²) < 4.78 is 10.6. The molecule has 0 N–H and O–H groups in total. The van der Waals surface area contributed by atoms with E-state index in [1.807, 2.05) is 39.8 Å². The molecule has 5 heteroatoms. The molecule has 0 saturated heterocycles. The minimum absolute atomic E-state index is 0.238. The van der Waals surface area contributed by atoms with Gasteiger partial charge < -0.3 is 9.47 Å². The molecule has 0 heterocycles. The molecule has 0 aliphatic carbocycles. The number of aryl methyl sites for hydroxylation is 1. The number of nitriles is 1. The van der Waals surface area contributed by atoms with Gasteiger partial charge in [0.15, 0.2) is 12.7 Å². The third-order valence-electron chi connectivity index (χ3n) is 4.76. The van der Waals surface area contributed by atoms with Crippen LogP contribution in [0.4, 0.5) is 0 Å². The first-order valence-corrected chi connectivity index (χ1v) is 8.68. The minimum atomic E-state index is -0.867. The summed E-state index contributed by atoms with van der Waals surface area (Å²) in [5.74, 6) is -0.408. The Kier molecular flexibility index (Phi) is 6.36. The highest BCUT2D eigenvalue weighted by atomic mass is 16.6. The number of carbonyl (C=O) groups excluding carboxylic acids is 2. The minimum Gasteiger partial charge on any atom is -0.479 e. The quantitative estimate of drug-likeness (QED) is 0.571. The number of esters is 1. The first-order valence-electron chi connectivity index (χ1n) is 8.68. The van der Waals surface area contributed by atoms with Crippen LogP contribution in [0, 0.1) is 39.0 Å². The highest BCUT2D eigenvalue weighted by molar-refractivity contribution is 6.00. The van der Waals surface area contributed by atoms with Gasteiger partial charge in [-0.25, -0.2) is 4.79 Å². The van der Waals surface area contributed by atoms with Crippen LogP contribution in [-0.2, 0) is 9.53 Å². The number of rotatable bonds is 6. The van der Waals surface area contributed by atoms with Gasteiger partial charge >= 0.3 is 5.97 Å². The van der Waals surface area contributed by atoms with Gasteiger partial charge in [0.1, 0.15) is 5.75 Å². The van der Waals surface area contributed by atoms with Crippen LogP contribution in [0.15, 0.2) is 30.3 Å². The van der Waals surface area contributed by atoms with Crippen molar-refractivity contribution < 1.29 is 19.1 Å². The molecule has 1 atom stereocenters. The van der Waals surface area contributed by atoms with Gasteiger partial charge in [0, 0.05) is 5.56 Å². The zero-order chi connectivity index (χ0) is 20.1. The van der Waals surface area contributed by atoms with E-state index < -0.39 is 12.1 Å². The maximum absolute atomic E-state index is 12.5. The third-order valence-corrected chi connectivity index (χ3v) is 4.76. The fraction of sp³-hybridized carbons (Fsp3) is 0.318. The van der Waals surface area contributed by atoms with E-state index in [2.05, 4.69) is 0 Å². The molecule has 0 bridgehead atoms. The molecule has 2 rings (SSSR count). The normalized spacial score (nSPS) is 11.4. The summed E-state index contributed by atoms with van der Waals surface area (Å²) in [4.78, 5) is 24.6. The molecule has 27 heavy (non-hydrogen) atoms. The Morgan fingerprint density at radius 1 is 1.04 bits per heavy atom. The van der Waals surface area contributed by atoms with Gasteiger partial charge in [0.25, 0.3) is 0 Å². The van der Waals surface area contributed by atoms with Crippen molar-refractivity contribution in [3.05, 3.63) is 63.7 Å². The van der Waals surface area contributed by atoms with Crippen LogP contribution in [0.3, 0.4) is 0 Å². The molecule has 2 aromatic rings. The number of benzene rings is 2. The number of ketones is 1. The molecule has 0 aromatic heterocycles. The molecular formula is C22H23NO4. The summed E-state index contributed by atoms with van der Waals surface area (Å²) in [6.45, 7) is 9.08. The lowest BCUT2D eigenvalue weighted by Gasteiger charge is -2.15. The number of carbonyl (C=O) groups is 2. The van der Waals surface area contributed by atoms with E-state index in [1.54, 1.807) is 31.2 Å². The van der Waals surface area contributed by atoms with Crippen LogP contribution in [-0.4, -0.2) is 24.5 Å². The zero-order valence-electron chi connectivity index (χ0n) is 16.3. The van der Waals surface area contributed by atoms with Crippen LogP contribution >= 0.6 is 0 Å². The standard InChI is InChI=1S/C22H23NO4/c1-13-10-20(16(4)15(3)14(13)2)21(24)12-26-22(25)17(5)27-19-8-6-18(11-23)7-9-19/h6-10,17H,12H2,1-5H3/t17-/m1/s1. The topological polar surface area (TPSA) is 76.4 Å². The van der Waals surface area contributed by atoms with Gasteiger partial charge in [0.05, 0.1) is 11.6 Å². The summed E-state index contributed by atoms with van der Waals surface area (Å²) in [6, 6.07) is 10.3. The number of hydrogen-bond acceptors (Lipinski definition) is 5. The lowest BCUT2D eigenvalue weighted by atomic mass is 9.93. The van der Waals surface area contributed by atoms with Crippen molar-refractivity contribution in [2.45, 2.75) is 40.7 Å². The van der Waals surface area contributed by atoms with Crippen molar-refractivity contribution in [1.82, 2.24) is 0 Å². The Hall–Kier alpha value is -3.13. The summed E-state index contributed by atoms with van der Waals surface area (Å²) in [7, 11) is 0. The van der Waals surface area contributed by atoms with Crippen molar-refractivity contribution in [2.24, 2.45) is 0 Å². The number of ether oxygens (including phenoxy) is 2. The Bertz CT molecular complexity index is 907. The second-order valence-electron chi connectivity index (χ2n) is 6.54. The SMILES string of the molecule is Cc1cc(C(=O)COC(=O)[C@@H](C)Oc2ccc(C#N)cc2)c(C)c(C)c1C. The zero-order valence-corrected chi connectivity index (χ0v) is 16.3. The van der Waals surface area contributed by atoms with Crippen molar-refractivity contribution >= 4 is 11.8 Å². The molecule has 0 unspecified atom stereocenters. The van der Waals surface area contributed by atoms with Gasteiger partial charge in [-0.05, 0) is 87.2 Å². The van der Waals surface area contributed by atoms with Gasteiger partial charge in [-0.1, -0.05) is 0 Å². The summed E-state index contributed by atoms with van der Waals surface area (Å²) >= 11 is 0. The van der Waals surface area contributed by atoms with Crippen LogP contribution in [0.25, 0.3) is 0 Å². The molecule has 5 nitrogen and oxygen atoms in total. The van der Waals surface area contributed by atoms with Crippen molar-refractivity contribution in [3.63, 3.8) is 0 Å². The van der Waals surface area contributed by atoms with Crippen LogP contribution in [0.2, 0.25) is 0 Å². The van der Waals surface area contributed by atoms with Crippen LogP contribution in [0.5, 0.6) is 5.75 Å².